The van der Waals surface area contributed by atoms with Gasteiger partial charge < -0.3 is 4.74 Å². The Bertz CT molecular complexity index is 1250. The molecule has 0 atom stereocenters. The number of nitrogens with zero attached hydrogens (tertiary/aromatic N) is 3. The zero-order valence-electron chi connectivity index (χ0n) is 18.1. The third-order valence-electron chi connectivity index (χ3n) is 4.85. The lowest BCUT2D eigenvalue weighted by atomic mass is 10.1. The van der Waals surface area contributed by atoms with Crippen LogP contribution in [0.1, 0.15) is 29.3 Å². The van der Waals surface area contributed by atoms with Gasteiger partial charge in [0.25, 0.3) is 5.91 Å². The van der Waals surface area contributed by atoms with E-state index in [0.717, 1.165) is 23.4 Å². The molecule has 0 aliphatic rings. The molecule has 0 unspecified atom stereocenters. The summed E-state index contributed by atoms with van der Waals surface area (Å²) >= 11 is 0. The fourth-order valence-electron chi connectivity index (χ4n) is 3.21. The Hall–Kier alpha value is -4.26. The van der Waals surface area contributed by atoms with Crippen LogP contribution in [-0.2, 0) is 0 Å². The summed E-state index contributed by atoms with van der Waals surface area (Å²) < 4.78 is 21.3. The van der Waals surface area contributed by atoms with Gasteiger partial charge in [0, 0.05) is 17.3 Å². The van der Waals surface area contributed by atoms with E-state index in [1.807, 2.05) is 60.8 Å². The van der Waals surface area contributed by atoms with Crippen molar-refractivity contribution in [1.82, 2.24) is 15.2 Å². The van der Waals surface area contributed by atoms with Gasteiger partial charge in [-0.2, -0.15) is 10.2 Å². The van der Waals surface area contributed by atoms with Gasteiger partial charge in [0.05, 0.1) is 24.1 Å². The molecule has 0 radical (unpaired) electrons. The van der Waals surface area contributed by atoms with Crippen molar-refractivity contribution >= 4 is 12.1 Å². The van der Waals surface area contributed by atoms with E-state index >= 15 is 0 Å². The predicted octanol–water partition coefficient (Wildman–Crippen LogP) is 5.23. The van der Waals surface area contributed by atoms with E-state index in [4.69, 9.17) is 9.84 Å². The number of halogens is 1. The highest BCUT2D eigenvalue weighted by atomic mass is 19.1. The second-order valence-electron chi connectivity index (χ2n) is 7.26. The summed E-state index contributed by atoms with van der Waals surface area (Å²) in [6.45, 7) is 2.71. The van der Waals surface area contributed by atoms with Crippen molar-refractivity contribution in [3.05, 3.63) is 102 Å². The van der Waals surface area contributed by atoms with Gasteiger partial charge in [0.1, 0.15) is 17.3 Å². The fraction of sp³-hybridized carbons (Fsp3) is 0.115. The summed E-state index contributed by atoms with van der Waals surface area (Å²) in [5.74, 6) is -0.442. The minimum absolute atomic E-state index is 0.0717. The minimum Gasteiger partial charge on any atom is -0.494 e. The molecular weight excluding hydrogens is 419 g/mol. The number of hydrazone groups is 1. The second-order valence-corrected chi connectivity index (χ2v) is 7.26. The number of rotatable bonds is 8. The number of benzene rings is 3. The van der Waals surface area contributed by atoms with Crippen LogP contribution >= 0.6 is 0 Å². The zero-order chi connectivity index (χ0) is 23.0. The number of hydrogen-bond acceptors (Lipinski definition) is 4. The Morgan fingerprint density at radius 3 is 2.52 bits per heavy atom. The minimum atomic E-state index is -0.626. The number of para-hydroxylation sites is 1. The maximum absolute atomic E-state index is 13.8. The Labute approximate surface area is 191 Å². The normalized spacial score (nSPS) is 11.0. The Balaban J connectivity index is 1.62. The van der Waals surface area contributed by atoms with Crippen LogP contribution in [0.25, 0.3) is 16.9 Å². The van der Waals surface area contributed by atoms with Gasteiger partial charge in [-0.25, -0.2) is 14.5 Å². The van der Waals surface area contributed by atoms with Crippen LogP contribution in [-0.4, -0.2) is 28.5 Å². The molecule has 166 valence electrons. The van der Waals surface area contributed by atoms with E-state index in [-0.39, 0.29) is 5.56 Å². The average Bonchev–Trinajstić information content (AvgIpc) is 3.28. The van der Waals surface area contributed by atoms with Crippen molar-refractivity contribution in [1.29, 1.82) is 0 Å². The lowest BCUT2D eigenvalue weighted by Crippen LogP contribution is -2.18. The molecule has 33 heavy (non-hydrogen) atoms. The van der Waals surface area contributed by atoms with Crippen LogP contribution in [0.2, 0.25) is 0 Å². The number of carbonyl (C=O) groups is 1. The highest BCUT2D eigenvalue weighted by molar-refractivity contribution is 5.95. The first-order valence-electron chi connectivity index (χ1n) is 10.6. The number of amides is 1. The summed E-state index contributed by atoms with van der Waals surface area (Å²) in [6.07, 6.45) is 4.26. The topological polar surface area (TPSA) is 68.5 Å². The van der Waals surface area contributed by atoms with Crippen molar-refractivity contribution in [2.45, 2.75) is 13.3 Å². The highest BCUT2D eigenvalue weighted by Gasteiger charge is 2.13. The molecule has 1 N–H and O–H groups in total. The number of hydrogen-bond donors (Lipinski definition) is 1. The van der Waals surface area contributed by atoms with E-state index < -0.39 is 11.7 Å². The number of aromatic nitrogens is 2. The molecule has 0 saturated carbocycles. The van der Waals surface area contributed by atoms with Gasteiger partial charge in [-0.15, -0.1) is 0 Å². The van der Waals surface area contributed by atoms with Gasteiger partial charge in [0.15, 0.2) is 0 Å². The Morgan fingerprint density at radius 2 is 1.79 bits per heavy atom. The van der Waals surface area contributed by atoms with E-state index in [2.05, 4.69) is 17.5 Å². The summed E-state index contributed by atoms with van der Waals surface area (Å²) in [5.41, 5.74) is 5.44. The van der Waals surface area contributed by atoms with Crippen LogP contribution in [0.5, 0.6) is 5.75 Å². The molecule has 0 aliphatic carbocycles. The van der Waals surface area contributed by atoms with Gasteiger partial charge >= 0.3 is 0 Å². The van der Waals surface area contributed by atoms with Crippen LogP contribution in [0, 0.1) is 5.82 Å². The first-order chi connectivity index (χ1) is 16.2. The quantitative estimate of drug-likeness (QED) is 0.300. The molecule has 0 aliphatic heterocycles. The molecule has 1 heterocycles. The molecule has 0 bridgehead atoms. The van der Waals surface area contributed by atoms with Crippen LogP contribution in [0.15, 0.2) is 90.2 Å². The predicted molar refractivity (Wildman–Crippen MR) is 126 cm³/mol. The summed E-state index contributed by atoms with van der Waals surface area (Å²) in [5, 5.41) is 8.77. The van der Waals surface area contributed by atoms with Crippen LogP contribution in [0.4, 0.5) is 4.39 Å². The van der Waals surface area contributed by atoms with Crippen molar-refractivity contribution in [3.63, 3.8) is 0 Å². The average molecular weight is 442 g/mol. The smallest absolute Gasteiger partial charge is 0.274 e. The van der Waals surface area contributed by atoms with Gasteiger partial charge in [-0.3, -0.25) is 4.79 Å². The summed E-state index contributed by atoms with van der Waals surface area (Å²) in [6, 6.07) is 23.1. The van der Waals surface area contributed by atoms with Gasteiger partial charge in [-0.1, -0.05) is 37.3 Å². The van der Waals surface area contributed by atoms with Crippen molar-refractivity contribution < 1.29 is 13.9 Å². The maximum atomic E-state index is 13.8. The first-order valence-corrected chi connectivity index (χ1v) is 10.6. The van der Waals surface area contributed by atoms with Crippen molar-refractivity contribution in [2.24, 2.45) is 5.10 Å². The summed E-state index contributed by atoms with van der Waals surface area (Å²) in [7, 11) is 0. The Morgan fingerprint density at radius 1 is 1.06 bits per heavy atom. The number of nitrogens with one attached hydrogen (secondary N) is 1. The molecule has 1 aromatic heterocycles. The molecule has 0 fully saturated rings. The van der Waals surface area contributed by atoms with E-state index in [9.17, 15) is 9.18 Å². The van der Waals surface area contributed by atoms with Crippen molar-refractivity contribution in [2.75, 3.05) is 6.61 Å². The van der Waals surface area contributed by atoms with Crippen LogP contribution < -0.4 is 10.2 Å². The third kappa shape index (κ3) is 5.33. The molecular formula is C26H23FN4O2. The molecule has 1 amide bonds. The largest absolute Gasteiger partial charge is 0.494 e. The number of carbonyl (C=O) groups excluding carboxylic acids is 1. The standard InChI is InChI=1S/C26H23FN4O2/c1-2-16-33-22-14-12-19(13-15-22)25-20(18-31(30-25)21-8-4-3-5-9-21)17-28-29-26(32)23-10-6-7-11-24(23)27/h3-15,17-18H,2,16H2,1H3,(H,29,32)/b28-17+. The van der Waals surface area contributed by atoms with E-state index in [0.29, 0.717) is 17.9 Å². The molecule has 4 rings (SSSR count). The van der Waals surface area contributed by atoms with Crippen molar-refractivity contribution in [3.8, 4) is 22.7 Å². The molecule has 3 aromatic carbocycles. The molecule has 0 spiro atoms. The van der Waals surface area contributed by atoms with Crippen LogP contribution in [0.3, 0.4) is 0 Å². The lowest BCUT2D eigenvalue weighted by molar-refractivity contribution is 0.0951. The van der Waals surface area contributed by atoms with Gasteiger partial charge in [0.2, 0.25) is 0 Å². The van der Waals surface area contributed by atoms with E-state index in [1.54, 1.807) is 10.7 Å². The first kappa shape index (κ1) is 22.0. The molecule has 7 heteroatoms. The fourth-order valence-corrected chi connectivity index (χ4v) is 3.21. The third-order valence-corrected chi connectivity index (χ3v) is 4.85. The zero-order valence-corrected chi connectivity index (χ0v) is 18.1. The second kappa shape index (κ2) is 10.4. The molecule has 6 nitrogen and oxygen atoms in total. The highest BCUT2D eigenvalue weighted by Crippen LogP contribution is 2.25. The lowest BCUT2D eigenvalue weighted by Gasteiger charge is -2.05. The molecule has 0 saturated heterocycles. The molecule has 4 aromatic rings. The van der Waals surface area contributed by atoms with Gasteiger partial charge in [-0.05, 0) is 55.0 Å². The summed E-state index contributed by atoms with van der Waals surface area (Å²) in [4.78, 5) is 12.3. The maximum Gasteiger partial charge on any atom is 0.274 e. The number of ether oxygens (including phenoxy) is 1. The van der Waals surface area contributed by atoms with E-state index in [1.165, 1.54) is 24.4 Å². The SMILES string of the molecule is CCCOc1ccc(-c2nn(-c3ccccc3)cc2/C=N/NC(=O)c2ccccc2F)cc1. The Kier molecular flexibility index (Phi) is 6.90. The monoisotopic (exact) mass is 442 g/mol.